The van der Waals surface area contributed by atoms with Crippen molar-refractivity contribution in [1.82, 2.24) is 20.0 Å². The van der Waals surface area contributed by atoms with Gasteiger partial charge in [-0.15, -0.1) is 0 Å². The summed E-state index contributed by atoms with van der Waals surface area (Å²) in [4.78, 5) is 2.22. The van der Waals surface area contributed by atoms with Crippen LogP contribution in [0.15, 0.2) is 0 Å². The lowest BCUT2D eigenvalue weighted by Crippen LogP contribution is -2.24. The minimum Gasteiger partial charge on any atom is -0.310 e. The molecule has 0 bridgehead atoms. The van der Waals surface area contributed by atoms with Crippen molar-refractivity contribution in [1.29, 1.82) is 0 Å². The summed E-state index contributed by atoms with van der Waals surface area (Å²) in [5, 5.41) is 8.17. The van der Waals surface area contributed by atoms with Gasteiger partial charge in [0, 0.05) is 23.8 Å². The molecule has 1 aromatic heterocycles. The van der Waals surface area contributed by atoms with Gasteiger partial charge < -0.3 is 10.2 Å². The highest BCUT2D eigenvalue weighted by atomic mass is 15.3. The van der Waals surface area contributed by atoms with Crippen LogP contribution < -0.4 is 5.32 Å². The number of rotatable bonds is 7. The van der Waals surface area contributed by atoms with Gasteiger partial charge in [0.2, 0.25) is 0 Å². The number of aryl methyl sites for hydroxylation is 2. The lowest BCUT2D eigenvalue weighted by Gasteiger charge is -2.16. The molecule has 4 nitrogen and oxygen atoms in total. The molecule has 0 aliphatic heterocycles. The number of hydrogen-bond donors (Lipinski definition) is 1. The predicted molar refractivity (Wildman–Crippen MR) is 77.0 cm³/mol. The van der Waals surface area contributed by atoms with Crippen molar-refractivity contribution in [2.24, 2.45) is 0 Å². The van der Waals surface area contributed by atoms with Crippen LogP contribution in [0.25, 0.3) is 0 Å². The van der Waals surface area contributed by atoms with Crippen LogP contribution in [0.1, 0.15) is 43.3 Å². The van der Waals surface area contributed by atoms with Gasteiger partial charge in [-0.2, -0.15) is 5.10 Å². The van der Waals surface area contributed by atoms with Crippen LogP contribution in [-0.4, -0.2) is 41.9 Å². The van der Waals surface area contributed by atoms with Crippen molar-refractivity contribution >= 4 is 0 Å². The van der Waals surface area contributed by atoms with Gasteiger partial charge in [-0.25, -0.2) is 0 Å². The molecule has 1 atom stereocenters. The fourth-order valence-corrected chi connectivity index (χ4v) is 2.46. The zero-order chi connectivity index (χ0) is 13.7. The monoisotopic (exact) mass is 252 g/mol. The van der Waals surface area contributed by atoms with E-state index >= 15 is 0 Å². The highest BCUT2D eigenvalue weighted by Gasteiger charge is 2.16. The minimum atomic E-state index is 0.382. The molecule has 1 rings (SSSR count). The first-order chi connectivity index (χ1) is 8.47. The minimum absolute atomic E-state index is 0.382. The van der Waals surface area contributed by atoms with Crippen LogP contribution in [0.3, 0.4) is 0 Å². The molecule has 1 heterocycles. The predicted octanol–water partition coefficient (Wildman–Crippen LogP) is 2.12. The zero-order valence-electron chi connectivity index (χ0n) is 12.7. The molecule has 4 heteroatoms. The second-order valence-electron chi connectivity index (χ2n) is 5.23. The Morgan fingerprint density at radius 1 is 1.33 bits per heavy atom. The van der Waals surface area contributed by atoms with Crippen molar-refractivity contribution in [2.45, 2.75) is 46.7 Å². The van der Waals surface area contributed by atoms with Gasteiger partial charge in [0.15, 0.2) is 0 Å². The fraction of sp³-hybridized carbons (Fsp3) is 0.786. The smallest absolute Gasteiger partial charge is 0.0644 e. The lowest BCUT2D eigenvalue weighted by molar-refractivity contribution is 0.389. The third kappa shape index (κ3) is 3.82. The van der Waals surface area contributed by atoms with E-state index in [4.69, 9.17) is 0 Å². The van der Waals surface area contributed by atoms with Crippen LogP contribution in [0.4, 0.5) is 0 Å². The molecule has 1 unspecified atom stereocenters. The molecule has 1 aromatic rings. The van der Waals surface area contributed by atoms with Crippen LogP contribution >= 0.6 is 0 Å². The van der Waals surface area contributed by atoms with E-state index in [-0.39, 0.29) is 0 Å². The van der Waals surface area contributed by atoms with Crippen molar-refractivity contribution < 1.29 is 0 Å². The summed E-state index contributed by atoms with van der Waals surface area (Å²) >= 11 is 0. The standard InChI is InChI=1S/C14H28N4/c1-7-18-13(4)14(12(3)16-18)11(2)15-9-8-10-17(5)6/h11,15H,7-10H2,1-6H3. The van der Waals surface area contributed by atoms with Crippen LogP contribution in [0.5, 0.6) is 0 Å². The molecule has 0 aliphatic carbocycles. The average molecular weight is 252 g/mol. The molecule has 0 fully saturated rings. The normalized spacial score (nSPS) is 13.3. The summed E-state index contributed by atoms with van der Waals surface area (Å²) in [5.74, 6) is 0. The molecule has 0 amide bonds. The van der Waals surface area contributed by atoms with Gasteiger partial charge in [-0.3, -0.25) is 4.68 Å². The number of nitrogens with one attached hydrogen (secondary N) is 1. The van der Waals surface area contributed by atoms with Gasteiger partial charge in [0.1, 0.15) is 0 Å². The van der Waals surface area contributed by atoms with E-state index in [9.17, 15) is 0 Å². The Morgan fingerprint density at radius 3 is 2.50 bits per heavy atom. The average Bonchev–Trinajstić information content (AvgIpc) is 2.59. The molecular formula is C14H28N4. The van der Waals surface area contributed by atoms with Crippen molar-refractivity contribution in [3.63, 3.8) is 0 Å². The molecule has 0 radical (unpaired) electrons. The van der Waals surface area contributed by atoms with Gasteiger partial charge in [-0.05, 0) is 61.3 Å². The molecule has 0 saturated heterocycles. The second-order valence-corrected chi connectivity index (χ2v) is 5.23. The van der Waals surface area contributed by atoms with E-state index in [0.717, 1.165) is 25.3 Å². The Kier molecular flexibility index (Phi) is 5.82. The van der Waals surface area contributed by atoms with Crippen molar-refractivity contribution in [3.8, 4) is 0 Å². The Hall–Kier alpha value is -0.870. The molecule has 0 saturated carbocycles. The molecule has 104 valence electrons. The first kappa shape index (κ1) is 15.2. The Balaban J connectivity index is 2.56. The Bertz CT molecular complexity index is 368. The van der Waals surface area contributed by atoms with E-state index in [1.165, 1.54) is 17.7 Å². The molecular weight excluding hydrogens is 224 g/mol. The second kappa shape index (κ2) is 6.90. The van der Waals surface area contributed by atoms with Gasteiger partial charge in [0.05, 0.1) is 5.69 Å². The first-order valence-electron chi connectivity index (χ1n) is 6.89. The first-order valence-corrected chi connectivity index (χ1v) is 6.89. The van der Waals surface area contributed by atoms with Gasteiger partial charge >= 0.3 is 0 Å². The van der Waals surface area contributed by atoms with Crippen LogP contribution in [0.2, 0.25) is 0 Å². The van der Waals surface area contributed by atoms with Crippen molar-refractivity contribution in [2.75, 3.05) is 27.2 Å². The molecule has 0 aliphatic rings. The zero-order valence-corrected chi connectivity index (χ0v) is 12.7. The highest BCUT2D eigenvalue weighted by molar-refractivity contribution is 5.27. The maximum absolute atomic E-state index is 4.57. The molecule has 1 N–H and O–H groups in total. The number of nitrogens with zero attached hydrogens (tertiary/aromatic N) is 3. The summed E-state index contributed by atoms with van der Waals surface area (Å²) < 4.78 is 2.09. The van der Waals surface area contributed by atoms with Crippen molar-refractivity contribution in [3.05, 3.63) is 17.0 Å². The van der Waals surface area contributed by atoms with E-state index in [1.807, 2.05) is 0 Å². The Labute approximate surface area is 111 Å². The summed E-state index contributed by atoms with van der Waals surface area (Å²) in [6.45, 7) is 11.8. The van der Waals surface area contributed by atoms with Crippen LogP contribution in [-0.2, 0) is 6.54 Å². The number of aromatic nitrogens is 2. The summed E-state index contributed by atoms with van der Waals surface area (Å²) in [7, 11) is 4.23. The number of hydrogen-bond acceptors (Lipinski definition) is 3. The van der Waals surface area contributed by atoms with E-state index in [0.29, 0.717) is 6.04 Å². The molecule has 0 aromatic carbocycles. The van der Waals surface area contributed by atoms with E-state index in [1.54, 1.807) is 0 Å². The SMILES string of the molecule is CCn1nc(C)c(C(C)NCCCN(C)C)c1C. The molecule has 18 heavy (non-hydrogen) atoms. The maximum Gasteiger partial charge on any atom is 0.0644 e. The fourth-order valence-electron chi connectivity index (χ4n) is 2.46. The molecule has 0 spiro atoms. The van der Waals surface area contributed by atoms with Gasteiger partial charge in [0.25, 0.3) is 0 Å². The van der Waals surface area contributed by atoms with Crippen LogP contribution in [0, 0.1) is 13.8 Å². The highest BCUT2D eigenvalue weighted by Crippen LogP contribution is 2.21. The summed E-state index contributed by atoms with van der Waals surface area (Å²) in [5.41, 5.74) is 3.81. The Morgan fingerprint density at radius 2 is 2.00 bits per heavy atom. The van der Waals surface area contributed by atoms with E-state index < -0.39 is 0 Å². The summed E-state index contributed by atoms with van der Waals surface area (Å²) in [6.07, 6.45) is 1.18. The third-order valence-electron chi connectivity index (χ3n) is 3.40. The summed E-state index contributed by atoms with van der Waals surface area (Å²) in [6, 6.07) is 0.382. The maximum atomic E-state index is 4.57. The third-order valence-corrected chi connectivity index (χ3v) is 3.40. The topological polar surface area (TPSA) is 33.1 Å². The van der Waals surface area contributed by atoms with E-state index in [2.05, 4.69) is 61.8 Å². The largest absolute Gasteiger partial charge is 0.310 e. The van der Waals surface area contributed by atoms with Gasteiger partial charge in [-0.1, -0.05) is 0 Å². The quantitative estimate of drug-likeness (QED) is 0.755. The lowest BCUT2D eigenvalue weighted by atomic mass is 10.1.